The number of anilines is 2. The van der Waals surface area contributed by atoms with Crippen molar-refractivity contribution >= 4 is 11.5 Å². The van der Waals surface area contributed by atoms with Crippen LogP contribution in [0, 0.1) is 23.2 Å². The molecule has 3 unspecified atom stereocenters. The van der Waals surface area contributed by atoms with Gasteiger partial charge in [0.1, 0.15) is 11.9 Å². The van der Waals surface area contributed by atoms with Crippen LogP contribution in [0.15, 0.2) is 12.1 Å². The second-order valence-electron chi connectivity index (χ2n) is 5.19. The van der Waals surface area contributed by atoms with Crippen molar-refractivity contribution in [3.63, 3.8) is 0 Å². The van der Waals surface area contributed by atoms with Crippen LogP contribution in [0.25, 0.3) is 0 Å². The van der Waals surface area contributed by atoms with Crippen LogP contribution in [0.1, 0.15) is 18.5 Å². The zero-order valence-electron chi connectivity index (χ0n) is 10.1. The van der Waals surface area contributed by atoms with Crippen molar-refractivity contribution in [1.82, 2.24) is 4.98 Å². The summed E-state index contributed by atoms with van der Waals surface area (Å²) in [6.45, 7) is 1.75. The smallest absolute Gasteiger partial charge is 0.165 e. The highest BCUT2D eigenvalue weighted by atomic mass is 16.3. The number of nitriles is 1. The van der Waals surface area contributed by atoms with E-state index in [1.807, 2.05) is 12.1 Å². The molecule has 1 aliphatic carbocycles. The van der Waals surface area contributed by atoms with Gasteiger partial charge in [-0.05, 0) is 30.9 Å². The third kappa shape index (κ3) is 1.70. The number of aromatic nitrogens is 1. The molecule has 3 rings (SSSR count). The van der Waals surface area contributed by atoms with Crippen molar-refractivity contribution in [3.8, 4) is 6.07 Å². The Hall–Kier alpha value is -1.80. The molecule has 1 saturated carbocycles. The lowest BCUT2D eigenvalue weighted by Crippen LogP contribution is -2.25. The fourth-order valence-corrected chi connectivity index (χ4v) is 3.15. The molecule has 1 aliphatic heterocycles. The molecule has 2 heterocycles. The molecule has 0 spiro atoms. The number of nitrogens with two attached hydrogens (primary N) is 1. The Bertz CT molecular complexity index is 510. The number of rotatable bonds is 1. The van der Waals surface area contributed by atoms with Gasteiger partial charge in [-0.2, -0.15) is 5.26 Å². The standard InChI is InChI=1S/C13H16N4O/c14-5-11-10(15)2-4-13(16-11)17-6-8-1-3-12(18)9(8)7-17/h2,4,8-9,12,18H,1,3,6-7,15H2. The van der Waals surface area contributed by atoms with Gasteiger partial charge in [0, 0.05) is 19.0 Å². The molecule has 0 amide bonds. The molecule has 1 aromatic heterocycles. The van der Waals surface area contributed by atoms with Gasteiger partial charge in [0.25, 0.3) is 0 Å². The zero-order valence-corrected chi connectivity index (χ0v) is 10.1. The minimum atomic E-state index is -0.177. The van der Waals surface area contributed by atoms with Gasteiger partial charge in [-0.15, -0.1) is 0 Å². The van der Waals surface area contributed by atoms with Crippen molar-refractivity contribution < 1.29 is 5.11 Å². The van der Waals surface area contributed by atoms with Gasteiger partial charge in [0.15, 0.2) is 5.69 Å². The maximum absolute atomic E-state index is 9.89. The van der Waals surface area contributed by atoms with E-state index in [1.165, 1.54) is 0 Å². The molecule has 2 fully saturated rings. The first-order valence-electron chi connectivity index (χ1n) is 6.28. The zero-order chi connectivity index (χ0) is 12.7. The highest BCUT2D eigenvalue weighted by Gasteiger charge is 2.42. The molecular formula is C13H16N4O. The number of nitrogen functional groups attached to an aromatic ring is 1. The molecular weight excluding hydrogens is 228 g/mol. The first kappa shape index (κ1) is 11.3. The van der Waals surface area contributed by atoms with E-state index in [9.17, 15) is 5.11 Å². The van der Waals surface area contributed by atoms with E-state index in [2.05, 4.69) is 9.88 Å². The van der Waals surface area contributed by atoms with Gasteiger partial charge in [-0.1, -0.05) is 0 Å². The van der Waals surface area contributed by atoms with Crippen molar-refractivity contribution in [2.75, 3.05) is 23.7 Å². The minimum Gasteiger partial charge on any atom is -0.396 e. The van der Waals surface area contributed by atoms with Gasteiger partial charge in [-0.3, -0.25) is 0 Å². The number of aliphatic hydroxyl groups excluding tert-OH is 1. The molecule has 1 saturated heterocycles. The third-order valence-electron chi connectivity index (χ3n) is 4.16. The summed E-state index contributed by atoms with van der Waals surface area (Å²) in [7, 11) is 0. The highest BCUT2D eigenvalue weighted by molar-refractivity contribution is 5.55. The number of aliphatic hydroxyl groups is 1. The molecule has 0 bridgehead atoms. The van der Waals surface area contributed by atoms with Crippen LogP contribution >= 0.6 is 0 Å². The van der Waals surface area contributed by atoms with Gasteiger partial charge in [0.2, 0.25) is 0 Å². The lowest BCUT2D eigenvalue weighted by atomic mass is 10.00. The summed E-state index contributed by atoms with van der Waals surface area (Å²) < 4.78 is 0. The average molecular weight is 244 g/mol. The maximum atomic E-state index is 9.89. The van der Waals surface area contributed by atoms with Crippen LogP contribution in [0.4, 0.5) is 11.5 Å². The topological polar surface area (TPSA) is 86.2 Å². The minimum absolute atomic E-state index is 0.177. The lowest BCUT2D eigenvalue weighted by Gasteiger charge is -2.19. The SMILES string of the molecule is N#Cc1nc(N2CC3CCC(O)C3C2)ccc1N. The highest BCUT2D eigenvalue weighted by Crippen LogP contribution is 2.39. The monoisotopic (exact) mass is 244 g/mol. The normalized spacial score (nSPS) is 30.2. The Morgan fingerprint density at radius 1 is 1.39 bits per heavy atom. The summed E-state index contributed by atoms with van der Waals surface area (Å²) in [4.78, 5) is 6.43. The molecule has 0 aromatic carbocycles. The van der Waals surface area contributed by atoms with E-state index >= 15 is 0 Å². The van der Waals surface area contributed by atoms with E-state index < -0.39 is 0 Å². The van der Waals surface area contributed by atoms with Crippen LogP contribution in [0.3, 0.4) is 0 Å². The number of hydrogen-bond acceptors (Lipinski definition) is 5. The predicted octanol–water partition coefficient (Wildman–Crippen LogP) is 0.743. The molecule has 3 N–H and O–H groups in total. The van der Waals surface area contributed by atoms with Crippen LogP contribution in [0.2, 0.25) is 0 Å². The van der Waals surface area contributed by atoms with Crippen molar-refractivity contribution in [1.29, 1.82) is 5.26 Å². The Kier molecular flexibility index (Phi) is 2.60. The quantitative estimate of drug-likeness (QED) is 0.761. The Balaban J connectivity index is 1.83. The Morgan fingerprint density at radius 2 is 2.22 bits per heavy atom. The van der Waals surface area contributed by atoms with E-state index in [1.54, 1.807) is 6.07 Å². The second-order valence-corrected chi connectivity index (χ2v) is 5.19. The molecule has 18 heavy (non-hydrogen) atoms. The van der Waals surface area contributed by atoms with Gasteiger partial charge in [-0.25, -0.2) is 4.98 Å². The third-order valence-corrected chi connectivity index (χ3v) is 4.16. The van der Waals surface area contributed by atoms with Crippen LogP contribution in [0.5, 0.6) is 0 Å². The first-order chi connectivity index (χ1) is 8.69. The van der Waals surface area contributed by atoms with E-state index in [0.717, 1.165) is 31.7 Å². The molecule has 94 valence electrons. The number of fused-ring (bicyclic) bond motifs is 1. The largest absolute Gasteiger partial charge is 0.396 e. The van der Waals surface area contributed by atoms with Gasteiger partial charge < -0.3 is 15.7 Å². The maximum Gasteiger partial charge on any atom is 0.165 e. The summed E-state index contributed by atoms with van der Waals surface area (Å²) in [5.74, 6) is 1.71. The summed E-state index contributed by atoms with van der Waals surface area (Å²) in [5, 5.41) is 18.8. The van der Waals surface area contributed by atoms with Crippen LogP contribution in [-0.4, -0.2) is 29.3 Å². The first-order valence-corrected chi connectivity index (χ1v) is 6.28. The fourth-order valence-electron chi connectivity index (χ4n) is 3.15. The molecule has 2 aliphatic rings. The van der Waals surface area contributed by atoms with E-state index in [4.69, 9.17) is 11.0 Å². The van der Waals surface area contributed by atoms with Crippen molar-refractivity contribution in [2.24, 2.45) is 11.8 Å². The van der Waals surface area contributed by atoms with Crippen molar-refractivity contribution in [2.45, 2.75) is 18.9 Å². The molecule has 0 radical (unpaired) electrons. The summed E-state index contributed by atoms with van der Waals surface area (Å²) >= 11 is 0. The van der Waals surface area contributed by atoms with E-state index in [0.29, 0.717) is 17.5 Å². The summed E-state index contributed by atoms with van der Waals surface area (Å²) in [5.41, 5.74) is 6.37. The molecule has 3 atom stereocenters. The fraction of sp³-hybridized carbons (Fsp3) is 0.538. The molecule has 1 aromatic rings. The molecule has 5 nitrogen and oxygen atoms in total. The Morgan fingerprint density at radius 3 is 2.94 bits per heavy atom. The summed E-state index contributed by atoms with van der Waals surface area (Å²) in [6, 6.07) is 5.58. The van der Waals surface area contributed by atoms with Crippen LogP contribution < -0.4 is 10.6 Å². The average Bonchev–Trinajstić information content (AvgIpc) is 2.93. The van der Waals surface area contributed by atoms with Gasteiger partial charge in [0.05, 0.1) is 11.8 Å². The second kappa shape index (κ2) is 4.14. The van der Waals surface area contributed by atoms with Crippen LogP contribution in [-0.2, 0) is 0 Å². The number of nitrogens with zero attached hydrogens (tertiary/aromatic N) is 3. The Labute approximate surface area is 106 Å². The molecule has 5 heteroatoms. The lowest BCUT2D eigenvalue weighted by molar-refractivity contribution is 0.133. The van der Waals surface area contributed by atoms with Gasteiger partial charge >= 0.3 is 0 Å². The predicted molar refractivity (Wildman–Crippen MR) is 67.8 cm³/mol. The van der Waals surface area contributed by atoms with E-state index in [-0.39, 0.29) is 11.8 Å². The summed E-state index contributed by atoms with van der Waals surface area (Å²) in [6.07, 6.45) is 1.83. The van der Waals surface area contributed by atoms with Crippen molar-refractivity contribution in [3.05, 3.63) is 17.8 Å². The number of hydrogen-bond donors (Lipinski definition) is 2. The number of pyridine rings is 1.